The van der Waals surface area contributed by atoms with Crippen LogP contribution >= 0.6 is 23.5 Å². The van der Waals surface area contributed by atoms with Gasteiger partial charge in [0.05, 0.1) is 11.6 Å². The molecule has 1 heterocycles. The third-order valence-electron chi connectivity index (χ3n) is 3.92. The maximum absolute atomic E-state index is 12.2. The van der Waals surface area contributed by atoms with Crippen molar-refractivity contribution in [1.82, 2.24) is 4.90 Å². The Morgan fingerprint density at radius 3 is 2.95 bits per heavy atom. The van der Waals surface area contributed by atoms with Gasteiger partial charge in [0.2, 0.25) is 5.91 Å². The fourth-order valence-corrected chi connectivity index (χ4v) is 4.78. The third-order valence-corrected chi connectivity index (χ3v) is 5.91. The molecule has 1 saturated heterocycles. The molecule has 0 saturated carbocycles. The maximum atomic E-state index is 12.2. The van der Waals surface area contributed by atoms with Crippen LogP contribution in [0.1, 0.15) is 17.5 Å². The highest BCUT2D eigenvalue weighted by Crippen LogP contribution is 2.28. The predicted octanol–water partition coefficient (Wildman–Crippen LogP) is 2.25. The van der Waals surface area contributed by atoms with Crippen molar-refractivity contribution in [3.63, 3.8) is 0 Å². The summed E-state index contributed by atoms with van der Waals surface area (Å²) in [4.78, 5) is 25.9. The summed E-state index contributed by atoms with van der Waals surface area (Å²) in [5, 5.41) is 9.11. The van der Waals surface area contributed by atoms with Crippen molar-refractivity contribution in [2.45, 2.75) is 30.2 Å². The molecule has 6 heteroatoms. The Balaban J connectivity index is 1.60. The van der Waals surface area contributed by atoms with E-state index in [1.165, 1.54) is 46.0 Å². The average molecular weight is 323 g/mol. The molecule has 3 rings (SSSR count). The molecule has 2 aliphatic rings. The zero-order valence-corrected chi connectivity index (χ0v) is 13.2. The largest absolute Gasteiger partial charge is 0.480 e. The smallest absolute Gasteiger partial charge is 0.327 e. The number of benzene rings is 1. The lowest BCUT2D eigenvalue weighted by Crippen LogP contribution is -2.42. The number of carbonyl (C=O) groups is 2. The Kier molecular flexibility index (Phi) is 4.45. The van der Waals surface area contributed by atoms with E-state index in [0.717, 1.165) is 17.7 Å². The van der Waals surface area contributed by atoms with Gasteiger partial charge in [-0.2, -0.15) is 0 Å². The van der Waals surface area contributed by atoms with E-state index in [-0.39, 0.29) is 5.91 Å². The summed E-state index contributed by atoms with van der Waals surface area (Å²) >= 11 is 3.00. The molecule has 1 aliphatic heterocycles. The third kappa shape index (κ3) is 3.21. The van der Waals surface area contributed by atoms with Gasteiger partial charge in [-0.3, -0.25) is 4.79 Å². The molecule has 1 fully saturated rings. The highest BCUT2D eigenvalue weighted by Gasteiger charge is 2.34. The van der Waals surface area contributed by atoms with Crippen molar-refractivity contribution in [3.05, 3.63) is 29.3 Å². The van der Waals surface area contributed by atoms with E-state index >= 15 is 0 Å². The molecule has 0 aromatic heterocycles. The molecule has 1 amide bonds. The zero-order valence-electron chi connectivity index (χ0n) is 11.6. The fraction of sp³-hybridized carbons (Fsp3) is 0.467. The van der Waals surface area contributed by atoms with Crippen LogP contribution in [0, 0.1) is 0 Å². The Hall–Kier alpha value is -1.14. The van der Waals surface area contributed by atoms with E-state index in [0.29, 0.717) is 17.4 Å². The standard InChI is InChI=1S/C15H17NO3S2/c17-14(16-9-20-7-13(16)15(18)19)8-21-12-5-4-10-2-1-3-11(10)6-12/h4-6,13H,1-3,7-9H2,(H,18,19). The van der Waals surface area contributed by atoms with Crippen LogP contribution in [0.25, 0.3) is 0 Å². The second-order valence-electron chi connectivity index (χ2n) is 5.29. The average Bonchev–Trinajstić information content (AvgIpc) is 3.12. The summed E-state index contributed by atoms with van der Waals surface area (Å²) in [5.74, 6) is 0.294. The molecule has 0 bridgehead atoms. The SMILES string of the molecule is O=C(O)C1CSCN1C(=O)CSc1ccc2c(c1)CCC2. The molecule has 1 aliphatic carbocycles. The summed E-state index contributed by atoms with van der Waals surface area (Å²) in [7, 11) is 0. The normalized spacial score (nSPS) is 20.6. The van der Waals surface area contributed by atoms with Gasteiger partial charge >= 0.3 is 5.97 Å². The van der Waals surface area contributed by atoms with E-state index in [2.05, 4.69) is 18.2 Å². The number of thioether (sulfide) groups is 2. The van der Waals surface area contributed by atoms with Crippen LogP contribution in [0.5, 0.6) is 0 Å². The molecule has 1 aromatic rings. The first kappa shape index (κ1) is 14.8. The Morgan fingerprint density at radius 1 is 1.33 bits per heavy atom. The lowest BCUT2D eigenvalue weighted by atomic mass is 10.1. The maximum Gasteiger partial charge on any atom is 0.327 e. The minimum absolute atomic E-state index is 0.0853. The van der Waals surface area contributed by atoms with E-state index in [1.807, 2.05) is 0 Å². The molecule has 4 nitrogen and oxygen atoms in total. The number of carboxylic acids is 1. The fourth-order valence-electron chi connectivity index (χ4n) is 2.76. The molecule has 0 spiro atoms. The van der Waals surface area contributed by atoms with Gasteiger partial charge in [0, 0.05) is 10.6 Å². The van der Waals surface area contributed by atoms with E-state index in [9.17, 15) is 9.59 Å². The quantitative estimate of drug-likeness (QED) is 0.861. The van der Waals surface area contributed by atoms with Crippen molar-refractivity contribution >= 4 is 35.4 Å². The van der Waals surface area contributed by atoms with Gasteiger partial charge in [-0.05, 0) is 42.5 Å². The van der Waals surface area contributed by atoms with Gasteiger partial charge < -0.3 is 10.0 Å². The summed E-state index contributed by atoms with van der Waals surface area (Å²) in [5.41, 5.74) is 2.82. The second-order valence-corrected chi connectivity index (χ2v) is 7.34. The minimum Gasteiger partial charge on any atom is -0.480 e. The first-order valence-corrected chi connectivity index (χ1v) is 9.14. The van der Waals surface area contributed by atoms with E-state index in [1.54, 1.807) is 0 Å². The molecule has 112 valence electrons. The van der Waals surface area contributed by atoms with Crippen molar-refractivity contribution in [3.8, 4) is 0 Å². The van der Waals surface area contributed by atoms with E-state index < -0.39 is 12.0 Å². The highest BCUT2D eigenvalue weighted by atomic mass is 32.2. The van der Waals surface area contributed by atoms with Crippen LogP contribution in [0.15, 0.2) is 23.1 Å². The number of carboxylic acid groups (broad SMARTS) is 1. The monoisotopic (exact) mass is 323 g/mol. The summed E-state index contributed by atoms with van der Waals surface area (Å²) in [6, 6.07) is 5.73. The molecule has 1 aromatic carbocycles. The lowest BCUT2D eigenvalue weighted by Gasteiger charge is -2.20. The number of nitrogens with zero attached hydrogens (tertiary/aromatic N) is 1. The molecule has 1 unspecified atom stereocenters. The van der Waals surface area contributed by atoms with Gasteiger partial charge in [0.1, 0.15) is 6.04 Å². The predicted molar refractivity (Wildman–Crippen MR) is 84.8 cm³/mol. The van der Waals surface area contributed by atoms with Crippen LogP contribution in [0.4, 0.5) is 0 Å². The number of aliphatic carboxylic acids is 1. The van der Waals surface area contributed by atoms with Crippen LogP contribution in [-0.4, -0.2) is 45.3 Å². The highest BCUT2D eigenvalue weighted by molar-refractivity contribution is 8.00. The Morgan fingerprint density at radius 2 is 2.14 bits per heavy atom. The first-order valence-electron chi connectivity index (χ1n) is 7.00. The number of aryl methyl sites for hydroxylation is 2. The number of hydrogen-bond donors (Lipinski definition) is 1. The van der Waals surface area contributed by atoms with Crippen LogP contribution in [-0.2, 0) is 22.4 Å². The summed E-state index contributed by atoms with van der Waals surface area (Å²) < 4.78 is 0. The number of hydrogen-bond acceptors (Lipinski definition) is 4. The lowest BCUT2D eigenvalue weighted by molar-refractivity contribution is -0.146. The second kappa shape index (κ2) is 6.32. The molecular weight excluding hydrogens is 306 g/mol. The van der Waals surface area contributed by atoms with Crippen LogP contribution in [0.3, 0.4) is 0 Å². The van der Waals surface area contributed by atoms with Gasteiger partial charge in [-0.1, -0.05) is 6.07 Å². The number of fused-ring (bicyclic) bond motifs is 1. The van der Waals surface area contributed by atoms with Gasteiger partial charge in [-0.25, -0.2) is 4.79 Å². The minimum atomic E-state index is -0.907. The van der Waals surface area contributed by atoms with Crippen LogP contribution in [0.2, 0.25) is 0 Å². The Bertz CT molecular complexity index is 576. The van der Waals surface area contributed by atoms with Crippen molar-refractivity contribution < 1.29 is 14.7 Å². The van der Waals surface area contributed by atoms with Crippen molar-refractivity contribution in [1.29, 1.82) is 0 Å². The molecular formula is C15H17NO3S2. The molecule has 1 atom stereocenters. The van der Waals surface area contributed by atoms with Gasteiger partial charge in [-0.15, -0.1) is 23.5 Å². The number of rotatable bonds is 4. The number of amides is 1. The van der Waals surface area contributed by atoms with E-state index in [4.69, 9.17) is 5.11 Å². The van der Waals surface area contributed by atoms with Gasteiger partial charge in [0.15, 0.2) is 0 Å². The topological polar surface area (TPSA) is 57.6 Å². The van der Waals surface area contributed by atoms with Gasteiger partial charge in [0.25, 0.3) is 0 Å². The molecule has 1 N–H and O–H groups in total. The molecule has 21 heavy (non-hydrogen) atoms. The molecule has 0 radical (unpaired) electrons. The summed E-state index contributed by atoms with van der Waals surface area (Å²) in [6.45, 7) is 0. The van der Waals surface area contributed by atoms with Crippen LogP contribution < -0.4 is 0 Å². The van der Waals surface area contributed by atoms with Crippen molar-refractivity contribution in [2.24, 2.45) is 0 Å². The number of carbonyl (C=O) groups excluding carboxylic acids is 1. The zero-order chi connectivity index (χ0) is 14.8. The summed E-state index contributed by atoms with van der Waals surface area (Å²) in [6.07, 6.45) is 3.50. The Labute approximate surface area is 132 Å². The first-order chi connectivity index (χ1) is 10.1. The van der Waals surface area contributed by atoms with Crippen molar-refractivity contribution in [2.75, 3.05) is 17.4 Å².